The van der Waals surface area contributed by atoms with Crippen LogP contribution >= 0.6 is 0 Å². The summed E-state index contributed by atoms with van der Waals surface area (Å²) in [5.41, 5.74) is -0.449. The molecule has 1 saturated heterocycles. The Morgan fingerprint density at radius 1 is 1.40 bits per heavy atom. The van der Waals surface area contributed by atoms with E-state index < -0.39 is 5.60 Å². The van der Waals surface area contributed by atoms with E-state index in [-0.39, 0.29) is 0 Å². The Bertz CT molecular complexity index is 171. The van der Waals surface area contributed by atoms with E-state index in [0.29, 0.717) is 0 Å². The van der Waals surface area contributed by atoms with Crippen molar-refractivity contribution in [2.45, 2.75) is 45.1 Å². The molecule has 0 saturated carbocycles. The van der Waals surface area contributed by atoms with Gasteiger partial charge in [-0.05, 0) is 58.8 Å². The largest absolute Gasteiger partial charge is 0.389 e. The lowest BCUT2D eigenvalue weighted by molar-refractivity contribution is -0.0156. The van der Waals surface area contributed by atoms with Crippen LogP contribution < -0.4 is 5.32 Å². The van der Waals surface area contributed by atoms with Gasteiger partial charge in [0.2, 0.25) is 0 Å². The summed E-state index contributed by atoms with van der Waals surface area (Å²) < 4.78 is 0. The van der Waals surface area contributed by atoms with E-state index in [0.717, 1.165) is 45.6 Å². The second kappa shape index (κ2) is 6.46. The molecule has 0 bridgehead atoms. The van der Waals surface area contributed by atoms with Gasteiger partial charge in [-0.2, -0.15) is 0 Å². The van der Waals surface area contributed by atoms with Crippen molar-refractivity contribution in [2.75, 3.05) is 32.7 Å². The lowest BCUT2D eigenvalue weighted by Gasteiger charge is -2.36. The summed E-state index contributed by atoms with van der Waals surface area (Å²) >= 11 is 0. The smallest absolute Gasteiger partial charge is 0.0746 e. The molecule has 1 fully saturated rings. The number of likely N-dealkylation sites (tertiary alicyclic amines) is 1. The van der Waals surface area contributed by atoms with Gasteiger partial charge in [0.15, 0.2) is 0 Å². The summed E-state index contributed by atoms with van der Waals surface area (Å²) in [6.45, 7) is 9.49. The van der Waals surface area contributed by atoms with E-state index in [2.05, 4.69) is 17.1 Å². The molecule has 1 rings (SSSR count). The fourth-order valence-electron chi connectivity index (χ4n) is 2.24. The minimum atomic E-state index is -0.449. The summed E-state index contributed by atoms with van der Waals surface area (Å²) in [5.74, 6) is 0. The molecule has 0 aromatic rings. The Morgan fingerprint density at radius 3 is 2.87 bits per heavy atom. The molecule has 1 heterocycles. The molecule has 0 aromatic carbocycles. The normalized spacial score (nSPS) is 28.2. The van der Waals surface area contributed by atoms with Crippen LogP contribution in [0.4, 0.5) is 0 Å². The fourth-order valence-corrected chi connectivity index (χ4v) is 2.24. The minimum Gasteiger partial charge on any atom is -0.389 e. The molecule has 0 amide bonds. The zero-order valence-corrected chi connectivity index (χ0v) is 10.3. The molecular weight excluding hydrogens is 188 g/mol. The summed E-state index contributed by atoms with van der Waals surface area (Å²) in [7, 11) is 0. The number of piperidine rings is 1. The van der Waals surface area contributed by atoms with Crippen molar-refractivity contribution < 1.29 is 5.11 Å². The first-order chi connectivity index (χ1) is 7.14. The summed E-state index contributed by atoms with van der Waals surface area (Å²) in [6, 6.07) is 0. The predicted octanol–water partition coefficient (Wildman–Crippen LogP) is 1.22. The van der Waals surface area contributed by atoms with E-state index in [1.165, 1.54) is 12.8 Å². The second-order valence-electron chi connectivity index (χ2n) is 4.98. The van der Waals surface area contributed by atoms with Crippen LogP contribution in [-0.2, 0) is 0 Å². The van der Waals surface area contributed by atoms with Gasteiger partial charge in [-0.15, -0.1) is 0 Å². The van der Waals surface area contributed by atoms with Crippen molar-refractivity contribution in [3.8, 4) is 0 Å². The van der Waals surface area contributed by atoms with Crippen LogP contribution in [-0.4, -0.2) is 48.3 Å². The molecule has 0 radical (unpaired) electrons. The van der Waals surface area contributed by atoms with E-state index >= 15 is 0 Å². The highest BCUT2D eigenvalue weighted by molar-refractivity contribution is 4.82. The SMILES string of the molecule is CCCNCCCN1CCCC(C)(O)C1. The van der Waals surface area contributed by atoms with E-state index in [4.69, 9.17) is 0 Å². The number of aliphatic hydroxyl groups is 1. The first-order valence-corrected chi connectivity index (χ1v) is 6.29. The lowest BCUT2D eigenvalue weighted by atomic mass is 9.95. The maximum Gasteiger partial charge on any atom is 0.0746 e. The van der Waals surface area contributed by atoms with Gasteiger partial charge in [0.1, 0.15) is 0 Å². The molecule has 0 spiro atoms. The minimum absolute atomic E-state index is 0.449. The summed E-state index contributed by atoms with van der Waals surface area (Å²) in [6.07, 6.45) is 4.49. The van der Waals surface area contributed by atoms with Gasteiger partial charge < -0.3 is 15.3 Å². The van der Waals surface area contributed by atoms with Crippen molar-refractivity contribution >= 4 is 0 Å². The van der Waals surface area contributed by atoms with Crippen LogP contribution in [0.5, 0.6) is 0 Å². The summed E-state index contributed by atoms with van der Waals surface area (Å²) in [5, 5.41) is 13.3. The van der Waals surface area contributed by atoms with E-state index in [1.54, 1.807) is 0 Å². The molecule has 15 heavy (non-hydrogen) atoms. The van der Waals surface area contributed by atoms with Crippen molar-refractivity contribution in [3.05, 3.63) is 0 Å². The molecule has 3 nitrogen and oxygen atoms in total. The molecule has 2 N–H and O–H groups in total. The van der Waals surface area contributed by atoms with Gasteiger partial charge in [-0.25, -0.2) is 0 Å². The highest BCUT2D eigenvalue weighted by atomic mass is 16.3. The van der Waals surface area contributed by atoms with Crippen molar-refractivity contribution in [2.24, 2.45) is 0 Å². The van der Waals surface area contributed by atoms with Gasteiger partial charge in [0.05, 0.1) is 5.60 Å². The van der Waals surface area contributed by atoms with Crippen LogP contribution in [0.3, 0.4) is 0 Å². The zero-order valence-electron chi connectivity index (χ0n) is 10.3. The average Bonchev–Trinajstić information content (AvgIpc) is 2.16. The van der Waals surface area contributed by atoms with Gasteiger partial charge in [0.25, 0.3) is 0 Å². The molecule has 90 valence electrons. The van der Waals surface area contributed by atoms with Crippen LogP contribution in [0.15, 0.2) is 0 Å². The second-order valence-corrected chi connectivity index (χ2v) is 4.98. The highest BCUT2D eigenvalue weighted by Gasteiger charge is 2.27. The van der Waals surface area contributed by atoms with Gasteiger partial charge in [0, 0.05) is 6.54 Å². The number of rotatable bonds is 6. The first-order valence-electron chi connectivity index (χ1n) is 6.29. The number of hydrogen-bond acceptors (Lipinski definition) is 3. The molecule has 1 unspecified atom stereocenters. The molecule has 1 aliphatic heterocycles. The Kier molecular flexibility index (Phi) is 5.58. The molecule has 1 aliphatic rings. The van der Waals surface area contributed by atoms with Crippen LogP contribution in [0.25, 0.3) is 0 Å². The quantitative estimate of drug-likeness (QED) is 0.653. The highest BCUT2D eigenvalue weighted by Crippen LogP contribution is 2.19. The lowest BCUT2D eigenvalue weighted by Crippen LogP contribution is -2.46. The Hall–Kier alpha value is -0.120. The van der Waals surface area contributed by atoms with Gasteiger partial charge in [-0.3, -0.25) is 0 Å². The predicted molar refractivity (Wildman–Crippen MR) is 64.1 cm³/mol. The van der Waals surface area contributed by atoms with Gasteiger partial charge >= 0.3 is 0 Å². The summed E-state index contributed by atoms with van der Waals surface area (Å²) in [4.78, 5) is 2.39. The third kappa shape index (κ3) is 5.50. The van der Waals surface area contributed by atoms with E-state index in [1.807, 2.05) is 6.92 Å². The molecule has 3 heteroatoms. The first kappa shape index (κ1) is 12.9. The Labute approximate surface area is 93.9 Å². The number of nitrogens with one attached hydrogen (secondary N) is 1. The maximum absolute atomic E-state index is 9.93. The Balaban J connectivity index is 2.05. The van der Waals surface area contributed by atoms with Crippen molar-refractivity contribution in [1.29, 1.82) is 0 Å². The topological polar surface area (TPSA) is 35.5 Å². The molecular formula is C12H26N2O. The van der Waals surface area contributed by atoms with Crippen LogP contribution in [0.2, 0.25) is 0 Å². The Morgan fingerprint density at radius 2 is 2.20 bits per heavy atom. The number of hydrogen-bond donors (Lipinski definition) is 2. The van der Waals surface area contributed by atoms with Crippen molar-refractivity contribution in [3.63, 3.8) is 0 Å². The van der Waals surface area contributed by atoms with Crippen LogP contribution in [0, 0.1) is 0 Å². The number of β-amino-alcohol motifs (C(OH)–C–C–N with tert-alkyl or cyclic N) is 1. The zero-order chi connectivity index (χ0) is 11.1. The van der Waals surface area contributed by atoms with Gasteiger partial charge in [-0.1, -0.05) is 6.92 Å². The molecule has 1 atom stereocenters. The maximum atomic E-state index is 9.93. The fraction of sp³-hybridized carbons (Fsp3) is 1.00. The monoisotopic (exact) mass is 214 g/mol. The van der Waals surface area contributed by atoms with Crippen molar-refractivity contribution in [1.82, 2.24) is 10.2 Å². The third-order valence-electron chi connectivity index (χ3n) is 3.01. The average molecular weight is 214 g/mol. The molecule has 0 aromatic heterocycles. The third-order valence-corrected chi connectivity index (χ3v) is 3.01. The standard InChI is InChI=1S/C12H26N2O/c1-3-7-13-8-5-10-14-9-4-6-12(2,15)11-14/h13,15H,3-11H2,1-2H3. The molecule has 0 aliphatic carbocycles. The van der Waals surface area contributed by atoms with Crippen LogP contribution in [0.1, 0.15) is 39.5 Å². The van der Waals surface area contributed by atoms with E-state index in [9.17, 15) is 5.11 Å². The number of nitrogens with zero attached hydrogens (tertiary/aromatic N) is 1.